The Morgan fingerprint density at radius 2 is 1.09 bits per heavy atom. The van der Waals surface area contributed by atoms with Crippen LogP contribution in [0.15, 0.2) is 91.0 Å². The van der Waals surface area contributed by atoms with Crippen LogP contribution in [0.25, 0.3) is 0 Å². The Kier molecular flexibility index (Phi) is 3.65. The van der Waals surface area contributed by atoms with Crippen LogP contribution in [0.4, 0.5) is 0 Å². The van der Waals surface area contributed by atoms with E-state index in [0.717, 1.165) is 16.2 Å². The van der Waals surface area contributed by atoms with Crippen LogP contribution in [0.1, 0.15) is 11.7 Å². The van der Waals surface area contributed by atoms with Gasteiger partial charge in [-0.1, -0.05) is 91.0 Å². The van der Waals surface area contributed by atoms with E-state index < -0.39 is 7.14 Å². The fourth-order valence-electron chi connectivity index (χ4n) is 3.01. The highest BCUT2D eigenvalue weighted by molar-refractivity contribution is 7.79. The molecule has 114 valence electrons. The highest BCUT2D eigenvalue weighted by Gasteiger charge is 2.54. The smallest absolute Gasteiger partial charge is 0.173 e. The summed E-state index contributed by atoms with van der Waals surface area (Å²) < 4.78 is 20.0. The van der Waals surface area contributed by atoms with E-state index in [9.17, 15) is 4.57 Å². The minimum atomic E-state index is -2.83. The maximum absolute atomic E-state index is 14.0. The average Bonchev–Trinajstić information content (AvgIpc) is 3.45. The molecule has 0 unspecified atom stereocenters. The summed E-state index contributed by atoms with van der Waals surface area (Å²) >= 11 is 0. The molecule has 0 bridgehead atoms. The molecule has 0 saturated carbocycles. The zero-order chi connectivity index (χ0) is 15.7. The van der Waals surface area contributed by atoms with Gasteiger partial charge in [0.05, 0.1) is 0 Å². The molecule has 0 spiro atoms. The van der Waals surface area contributed by atoms with Crippen molar-refractivity contribution in [2.75, 3.05) is 0 Å². The van der Waals surface area contributed by atoms with Gasteiger partial charge in [-0.3, -0.25) is 0 Å². The third-order valence-electron chi connectivity index (χ3n) is 4.23. The van der Waals surface area contributed by atoms with E-state index in [1.807, 2.05) is 91.0 Å². The fraction of sp³-hybridized carbons (Fsp3) is 0.100. The SMILES string of the molecule is O=P(c1ccccc1)(c1ccccc1)[C@@H]1O[C@H]1c1ccccc1. The van der Waals surface area contributed by atoms with Crippen molar-refractivity contribution in [3.05, 3.63) is 96.6 Å². The first-order valence-electron chi connectivity index (χ1n) is 7.71. The summed E-state index contributed by atoms with van der Waals surface area (Å²) in [7, 11) is -2.83. The van der Waals surface area contributed by atoms with Crippen LogP contribution in [-0.2, 0) is 9.30 Å². The Labute approximate surface area is 136 Å². The van der Waals surface area contributed by atoms with Crippen molar-refractivity contribution in [1.82, 2.24) is 0 Å². The van der Waals surface area contributed by atoms with Crippen molar-refractivity contribution in [2.45, 2.75) is 11.9 Å². The zero-order valence-corrected chi connectivity index (χ0v) is 13.5. The van der Waals surface area contributed by atoms with Gasteiger partial charge >= 0.3 is 0 Å². The number of ether oxygens (including phenoxy) is 1. The van der Waals surface area contributed by atoms with Crippen LogP contribution in [0.2, 0.25) is 0 Å². The molecular formula is C20H17O2P. The van der Waals surface area contributed by atoms with Crippen molar-refractivity contribution in [1.29, 1.82) is 0 Å². The number of hydrogen-bond donors (Lipinski definition) is 0. The van der Waals surface area contributed by atoms with Gasteiger partial charge in [-0.05, 0) is 5.56 Å². The summed E-state index contributed by atoms with van der Waals surface area (Å²) in [6, 6.07) is 29.4. The van der Waals surface area contributed by atoms with Crippen molar-refractivity contribution in [3.8, 4) is 0 Å². The van der Waals surface area contributed by atoms with E-state index >= 15 is 0 Å². The molecule has 3 aromatic carbocycles. The fourth-order valence-corrected chi connectivity index (χ4v) is 5.98. The van der Waals surface area contributed by atoms with E-state index in [-0.39, 0.29) is 11.9 Å². The summed E-state index contributed by atoms with van der Waals surface area (Å²) in [5, 5.41) is 1.71. The minimum absolute atomic E-state index is 0.0950. The van der Waals surface area contributed by atoms with Crippen LogP contribution >= 0.6 is 7.14 Å². The Morgan fingerprint density at radius 3 is 1.57 bits per heavy atom. The van der Waals surface area contributed by atoms with Crippen molar-refractivity contribution >= 4 is 17.8 Å². The van der Waals surface area contributed by atoms with E-state index in [0.29, 0.717) is 0 Å². The number of rotatable bonds is 4. The summed E-state index contributed by atoms with van der Waals surface area (Å²) in [4.78, 5) is 0. The second-order valence-corrected chi connectivity index (χ2v) is 8.54. The topological polar surface area (TPSA) is 29.6 Å². The Bertz CT molecular complexity index is 788. The second kappa shape index (κ2) is 5.81. The molecule has 0 radical (unpaired) electrons. The first-order chi connectivity index (χ1) is 11.3. The first-order valence-corrected chi connectivity index (χ1v) is 9.49. The Balaban J connectivity index is 1.78. The minimum Gasteiger partial charge on any atom is -0.356 e. The predicted octanol–water partition coefficient (Wildman–Crippen LogP) is 4.10. The van der Waals surface area contributed by atoms with E-state index in [1.165, 1.54) is 0 Å². The van der Waals surface area contributed by atoms with Gasteiger partial charge in [0, 0.05) is 10.6 Å². The van der Waals surface area contributed by atoms with Crippen molar-refractivity contribution in [2.24, 2.45) is 0 Å². The standard InChI is InChI=1S/C20H17O2P/c21-23(17-12-6-2-7-13-17,18-14-8-3-9-15-18)20-19(22-20)16-10-4-1-5-11-16/h1-15,19-20H/t19-,20-/m0/s1. The molecule has 1 aliphatic heterocycles. The van der Waals surface area contributed by atoms with Gasteiger partial charge in [-0.15, -0.1) is 0 Å². The third kappa shape index (κ3) is 2.55. The molecule has 2 nitrogen and oxygen atoms in total. The zero-order valence-electron chi connectivity index (χ0n) is 12.6. The normalized spacial score (nSPS) is 20.2. The van der Waals surface area contributed by atoms with Gasteiger partial charge in [-0.25, -0.2) is 0 Å². The van der Waals surface area contributed by atoms with Crippen LogP contribution in [0.5, 0.6) is 0 Å². The molecule has 2 atom stereocenters. The monoisotopic (exact) mass is 320 g/mol. The Morgan fingerprint density at radius 1 is 0.652 bits per heavy atom. The summed E-state index contributed by atoms with van der Waals surface area (Å²) in [5.74, 6) is -0.283. The molecule has 0 amide bonds. The van der Waals surface area contributed by atoms with Gasteiger partial charge in [0.1, 0.15) is 11.9 Å². The lowest BCUT2D eigenvalue weighted by atomic mass is 10.2. The molecule has 1 heterocycles. The molecule has 3 heteroatoms. The van der Waals surface area contributed by atoms with E-state index in [1.54, 1.807) is 0 Å². The molecule has 1 saturated heterocycles. The molecule has 3 aromatic rings. The summed E-state index contributed by atoms with van der Waals surface area (Å²) in [6.07, 6.45) is -0.0950. The summed E-state index contributed by atoms with van der Waals surface area (Å²) in [6.45, 7) is 0. The van der Waals surface area contributed by atoms with Crippen LogP contribution in [0.3, 0.4) is 0 Å². The van der Waals surface area contributed by atoms with Gasteiger partial charge in [-0.2, -0.15) is 0 Å². The highest BCUT2D eigenvalue weighted by Crippen LogP contribution is 2.63. The molecule has 0 aliphatic carbocycles. The van der Waals surface area contributed by atoms with Crippen LogP contribution in [-0.4, -0.2) is 5.85 Å². The van der Waals surface area contributed by atoms with Gasteiger partial charge < -0.3 is 9.30 Å². The van der Waals surface area contributed by atoms with Gasteiger partial charge in [0.25, 0.3) is 0 Å². The quantitative estimate of drug-likeness (QED) is 0.535. The molecule has 23 heavy (non-hydrogen) atoms. The average molecular weight is 320 g/mol. The van der Waals surface area contributed by atoms with Crippen LogP contribution in [0, 0.1) is 0 Å². The second-order valence-electron chi connectivity index (χ2n) is 5.69. The van der Waals surface area contributed by atoms with Crippen LogP contribution < -0.4 is 10.6 Å². The number of hydrogen-bond acceptors (Lipinski definition) is 2. The van der Waals surface area contributed by atoms with Crippen molar-refractivity contribution in [3.63, 3.8) is 0 Å². The maximum atomic E-state index is 14.0. The molecule has 1 fully saturated rings. The van der Waals surface area contributed by atoms with Crippen molar-refractivity contribution < 1.29 is 9.30 Å². The van der Waals surface area contributed by atoms with Gasteiger partial charge in [0.15, 0.2) is 7.14 Å². The molecule has 0 aromatic heterocycles. The predicted molar refractivity (Wildman–Crippen MR) is 93.8 cm³/mol. The van der Waals surface area contributed by atoms with E-state index in [2.05, 4.69) is 0 Å². The number of benzene rings is 3. The summed E-state index contributed by atoms with van der Waals surface area (Å²) in [5.41, 5.74) is 1.09. The first kappa shape index (κ1) is 14.4. The molecule has 1 aliphatic rings. The largest absolute Gasteiger partial charge is 0.356 e. The lowest BCUT2D eigenvalue weighted by Crippen LogP contribution is -2.19. The number of epoxide rings is 1. The van der Waals surface area contributed by atoms with Gasteiger partial charge in [0.2, 0.25) is 0 Å². The van der Waals surface area contributed by atoms with E-state index in [4.69, 9.17) is 4.74 Å². The lowest BCUT2D eigenvalue weighted by molar-refractivity contribution is 0.401. The molecule has 0 N–H and O–H groups in total. The maximum Gasteiger partial charge on any atom is 0.173 e. The highest BCUT2D eigenvalue weighted by atomic mass is 31.2. The molecule has 4 rings (SSSR count). The Hall–Kier alpha value is -2.15. The third-order valence-corrected chi connectivity index (χ3v) is 7.47. The molecular weight excluding hydrogens is 303 g/mol. The lowest BCUT2D eigenvalue weighted by Gasteiger charge is -2.17.